The van der Waals surface area contributed by atoms with E-state index in [-0.39, 0.29) is 30.8 Å². The summed E-state index contributed by atoms with van der Waals surface area (Å²) in [7, 11) is 0. The maximum absolute atomic E-state index is 11.6. The van der Waals surface area contributed by atoms with E-state index in [2.05, 4.69) is 5.32 Å². The number of nitrogens with one attached hydrogen (secondary N) is 1. The second-order valence-electron chi connectivity index (χ2n) is 4.56. The molecule has 1 atom stereocenters. The van der Waals surface area contributed by atoms with Crippen LogP contribution in [0.3, 0.4) is 0 Å². The van der Waals surface area contributed by atoms with Gasteiger partial charge in [0.2, 0.25) is 11.8 Å². The SMILES string of the molecule is CC(C)C(CNC(=O)CN1CSCC1=O)C(=O)O. The van der Waals surface area contributed by atoms with Crippen LogP contribution >= 0.6 is 11.8 Å². The highest BCUT2D eigenvalue weighted by Gasteiger charge is 2.25. The monoisotopic (exact) mass is 274 g/mol. The summed E-state index contributed by atoms with van der Waals surface area (Å²) < 4.78 is 0. The maximum Gasteiger partial charge on any atom is 0.308 e. The highest BCUT2D eigenvalue weighted by molar-refractivity contribution is 8.00. The molecule has 0 saturated carbocycles. The minimum Gasteiger partial charge on any atom is -0.481 e. The van der Waals surface area contributed by atoms with Crippen LogP contribution in [0.1, 0.15) is 13.8 Å². The molecule has 0 aliphatic carbocycles. The van der Waals surface area contributed by atoms with E-state index >= 15 is 0 Å². The minimum absolute atomic E-state index is 0.0102. The van der Waals surface area contributed by atoms with Crippen LogP contribution in [-0.4, -0.2) is 52.5 Å². The van der Waals surface area contributed by atoms with Crippen molar-refractivity contribution < 1.29 is 19.5 Å². The van der Waals surface area contributed by atoms with Gasteiger partial charge in [0.25, 0.3) is 0 Å². The van der Waals surface area contributed by atoms with E-state index < -0.39 is 11.9 Å². The summed E-state index contributed by atoms with van der Waals surface area (Å²) in [6.07, 6.45) is 0. The third kappa shape index (κ3) is 4.21. The lowest BCUT2D eigenvalue weighted by Gasteiger charge is -2.18. The molecule has 0 spiro atoms. The third-order valence-corrected chi connectivity index (χ3v) is 3.75. The van der Waals surface area contributed by atoms with Crippen LogP contribution in [-0.2, 0) is 14.4 Å². The van der Waals surface area contributed by atoms with Crippen molar-refractivity contribution in [1.82, 2.24) is 10.2 Å². The average Bonchev–Trinajstić information content (AvgIpc) is 2.63. The zero-order chi connectivity index (χ0) is 13.7. The van der Waals surface area contributed by atoms with E-state index in [1.54, 1.807) is 13.8 Å². The molecule has 1 aliphatic rings. The maximum atomic E-state index is 11.6. The molecule has 1 unspecified atom stereocenters. The van der Waals surface area contributed by atoms with Gasteiger partial charge in [-0.25, -0.2) is 0 Å². The Morgan fingerprint density at radius 2 is 2.17 bits per heavy atom. The predicted molar refractivity (Wildman–Crippen MR) is 68.0 cm³/mol. The lowest BCUT2D eigenvalue weighted by molar-refractivity contribution is -0.143. The van der Waals surface area contributed by atoms with Gasteiger partial charge in [0.15, 0.2) is 0 Å². The van der Waals surface area contributed by atoms with Gasteiger partial charge in [-0.1, -0.05) is 13.8 Å². The Bertz CT molecular complexity index is 346. The van der Waals surface area contributed by atoms with Gasteiger partial charge in [-0.3, -0.25) is 14.4 Å². The lowest BCUT2D eigenvalue weighted by Crippen LogP contribution is -2.41. The van der Waals surface area contributed by atoms with E-state index in [4.69, 9.17) is 5.11 Å². The fourth-order valence-electron chi connectivity index (χ4n) is 1.60. The molecule has 0 aromatic heterocycles. The molecule has 2 N–H and O–H groups in total. The number of carboxylic acid groups (broad SMARTS) is 1. The molecule has 0 aromatic rings. The minimum atomic E-state index is -0.918. The highest BCUT2D eigenvalue weighted by Crippen LogP contribution is 2.14. The first-order valence-corrected chi connectivity index (χ1v) is 6.92. The Morgan fingerprint density at radius 1 is 1.50 bits per heavy atom. The van der Waals surface area contributed by atoms with Crippen LogP contribution in [0.15, 0.2) is 0 Å². The van der Waals surface area contributed by atoms with Crippen LogP contribution in [0.5, 0.6) is 0 Å². The first kappa shape index (κ1) is 14.8. The van der Waals surface area contributed by atoms with Gasteiger partial charge in [-0.2, -0.15) is 0 Å². The normalized spacial score (nSPS) is 17.1. The summed E-state index contributed by atoms with van der Waals surface area (Å²) >= 11 is 1.47. The molecule has 1 aliphatic heterocycles. The highest BCUT2D eigenvalue weighted by atomic mass is 32.2. The number of aliphatic carboxylic acids is 1. The summed E-state index contributed by atoms with van der Waals surface area (Å²) in [4.78, 5) is 35.3. The predicted octanol–water partition coefficient (Wildman–Crippen LogP) is -0.00770. The van der Waals surface area contributed by atoms with Gasteiger partial charge in [0, 0.05) is 6.54 Å². The van der Waals surface area contributed by atoms with E-state index in [1.165, 1.54) is 16.7 Å². The van der Waals surface area contributed by atoms with Gasteiger partial charge in [-0.15, -0.1) is 11.8 Å². The van der Waals surface area contributed by atoms with E-state index in [0.29, 0.717) is 11.6 Å². The second kappa shape index (κ2) is 6.63. The molecule has 1 saturated heterocycles. The molecule has 7 heteroatoms. The van der Waals surface area contributed by atoms with Gasteiger partial charge >= 0.3 is 5.97 Å². The average molecular weight is 274 g/mol. The molecule has 0 radical (unpaired) electrons. The van der Waals surface area contributed by atoms with Crippen LogP contribution in [0.4, 0.5) is 0 Å². The Morgan fingerprint density at radius 3 is 2.61 bits per heavy atom. The summed E-state index contributed by atoms with van der Waals surface area (Å²) in [5, 5.41) is 11.5. The lowest BCUT2D eigenvalue weighted by atomic mass is 9.96. The fraction of sp³-hybridized carbons (Fsp3) is 0.727. The quantitative estimate of drug-likeness (QED) is 0.711. The Kier molecular flexibility index (Phi) is 5.46. The fourth-order valence-corrected chi connectivity index (χ4v) is 2.51. The first-order valence-electron chi connectivity index (χ1n) is 5.77. The van der Waals surface area contributed by atoms with Crippen LogP contribution in [0.25, 0.3) is 0 Å². The number of carbonyl (C=O) groups is 3. The van der Waals surface area contributed by atoms with E-state index in [1.807, 2.05) is 0 Å². The van der Waals surface area contributed by atoms with Crippen molar-refractivity contribution in [3.8, 4) is 0 Å². The van der Waals surface area contributed by atoms with Crippen molar-refractivity contribution in [3.05, 3.63) is 0 Å². The van der Waals surface area contributed by atoms with Gasteiger partial charge in [0.05, 0.1) is 17.5 Å². The van der Waals surface area contributed by atoms with Gasteiger partial charge < -0.3 is 15.3 Å². The molecular formula is C11H18N2O4S. The molecule has 18 heavy (non-hydrogen) atoms. The molecular weight excluding hydrogens is 256 g/mol. The Balaban J connectivity index is 2.36. The number of carbonyl (C=O) groups excluding carboxylic acids is 2. The molecule has 2 amide bonds. The number of thioether (sulfide) groups is 1. The van der Waals surface area contributed by atoms with E-state index in [9.17, 15) is 14.4 Å². The van der Waals surface area contributed by atoms with Crippen LogP contribution in [0.2, 0.25) is 0 Å². The second-order valence-corrected chi connectivity index (χ2v) is 5.52. The van der Waals surface area contributed by atoms with Gasteiger partial charge in [-0.05, 0) is 5.92 Å². The number of hydrogen-bond acceptors (Lipinski definition) is 4. The summed E-state index contributed by atoms with van der Waals surface area (Å²) in [5.41, 5.74) is 0. The molecule has 1 fully saturated rings. The van der Waals surface area contributed by atoms with Crippen molar-refractivity contribution in [1.29, 1.82) is 0 Å². The number of hydrogen-bond donors (Lipinski definition) is 2. The first-order chi connectivity index (χ1) is 8.41. The molecule has 0 bridgehead atoms. The molecule has 1 rings (SSSR count). The number of amides is 2. The van der Waals surface area contributed by atoms with Crippen molar-refractivity contribution in [2.45, 2.75) is 13.8 Å². The topological polar surface area (TPSA) is 86.7 Å². The number of carboxylic acids is 1. The molecule has 102 valence electrons. The van der Waals surface area contributed by atoms with Crippen LogP contribution in [0, 0.1) is 11.8 Å². The zero-order valence-electron chi connectivity index (χ0n) is 10.5. The number of nitrogens with zero attached hydrogens (tertiary/aromatic N) is 1. The van der Waals surface area contributed by atoms with Crippen LogP contribution < -0.4 is 5.32 Å². The summed E-state index contributed by atoms with van der Waals surface area (Å²) in [5.74, 6) is -0.982. The van der Waals surface area contributed by atoms with Crippen molar-refractivity contribution in [2.75, 3.05) is 24.7 Å². The standard InChI is InChI=1S/C11H18N2O4S/c1-7(2)8(11(16)17)3-12-9(14)4-13-6-18-5-10(13)15/h7-8H,3-6H2,1-2H3,(H,12,14)(H,16,17). The Labute approximate surface area is 110 Å². The zero-order valence-corrected chi connectivity index (χ0v) is 11.3. The largest absolute Gasteiger partial charge is 0.481 e. The third-order valence-electron chi connectivity index (χ3n) is 2.80. The summed E-state index contributed by atoms with van der Waals surface area (Å²) in [6, 6.07) is 0. The summed E-state index contributed by atoms with van der Waals surface area (Å²) in [6.45, 7) is 3.70. The van der Waals surface area contributed by atoms with Gasteiger partial charge in [0.1, 0.15) is 6.54 Å². The van der Waals surface area contributed by atoms with E-state index in [0.717, 1.165) is 0 Å². The smallest absolute Gasteiger partial charge is 0.308 e. The molecule has 0 aromatic carbocycles. The molecule has 6 nitrogen and oxygen atoms in total. The Hall–Kier alpha value is -1.24. The van der Waals surface area contributed by atoms with Crippen molar-refractivity contribution in [2.24, 2.45) is 11.8 Å². The van der Waals surface area contributed by atoms with Crippen molar-refractivity contribution >= 4 is 29.5 Å². The number of rotatable bonds is 6. The van der Waals surface area contributed by atoms with Crippen molar-refractivity contribution in [3.63, 3.8) is 0 Å². The molecule has 1 heterocycles.